The third-order valence-electron chi connectivity index (χ3n) is 3.07. The second-order valence-corrected chi connectivity index (χ2v) is 7.46. The maximum atomic E-state index is 12.4. The monoisotopic (exact) mass is 353 g/mol. The minimum Gasteiger partial charge on any atom is -0.310 e. The highest BCUT2D eigenvalue weighted by Gasteiger charge is 2.23. The van der Waals surface area contributed by atoms with Crippen LogP contribution in [0.5, 0.6) is 0 Å². The van der Waals surface area contributed by atoms with Crippen LogP contribution in [0.2, 0.25) is 5.02 Å². The first kappa shape index (κ1) is 17.4. The number of carbonyl (C=O) groups is 1. The van der Waals surface area contributed by atoms with Crippen LogP contribution in [0, 0.1) is 6.92 Å². The van der Waals surface area contributed by atoms with Crippen LogP contribution in [0.15, 0.2) is 47.5 Å². The Morgan fingerprint density at radius 1 is 1.26 bits per heavy atom. The van der Waals surface area contributed by atoms with E-state index in [1.54, 1.807) is 18.3 Å². The second-order valence-electron chi connectivity index (χ2n) is 4.98. The van der Waals surface area contributed by atoms with Crippen LogP contribution >= 0.6 is 11.6 Å². The summed E-state index contributed by atoms with van der Waals surface area (Å²) in [6.07, 6.45) is 1.57. The lowest BCUT2D eigenvalue weighted by atomic mass is 10.3. The van der Waals surface area contributed by atoms with Gasteiger partial charge in [0.25, 0.3) is 0 Å². The summed E-state index contributed by atoms with van der Waals surface area (Å²) in [5.41, 5.74) is 0.942. The summed E-state index contributed by atoms with van der Waals surface area (Å²) in [5, 5.41) is 3.01. The molecule has 8 heteroatoms. The van der Waals surface area contributed by atoms with E-state index in [4.69, 9.17) is 11.6 Å². The van der Waals surface area contributed by atoms with Gasteiger partial charge in [-0.15, -0.1) is 0 Å². The number of aryl methyl sites for hydroxylation is 1. The number of likely N-dealkylation sites (N-methyl/N-ethyl adjacent to an activating group) is 1. The molecule has 0 aliphatic rings. The van der Waals surface area contributed by atoms with E-state index in [1.807, 2.05) is 6.92 Å². The Bertz CT molecular complexity index is 807. The van der Waals surface area contributed by atoms with Crippen molar-refractivity contribution < 1.29 is 13.2 Å². The van der Waals surface area contributed by atoms with Crippen molar-refractivity contribution in [1.82, 2.24) is 9.29 Å². The number of anilines is 1. The molecule has 0 saturated heterocycles. The molecule has 2 rings (SSSR count). The number of hydrogen-bond donors (Lipinski definition) is 1. The van der Waals surface area contributed by atoms with E-state index in [1.165, 1.54) is 31.3 Å². The first-order valence-electron chi connectivity index (χ1n) is 6.73. The zero-order valence-corrected chi connectivity index (χ0v) is 14.2. The van der Waals surface area contributed by atoms with Crippen LogP contribution in [0.1, 0.15) is 5.56 Å². The Kier molecular flexibility index (Phi) is 5.35. The van der Waals surface area contributed by atoms with Crippen LogP contribution in [-0.4, -0.2) is 37.2 Å². The maximum Gasteiger partial charge on any atom is 0.243 e. The second kappa shape index (κ2) is 7.08. The van der Waals surface area contributed by atoms with Crippen molar-refractivity contribution in [2.24, 2.45) is 0 Å². The lowest BCUT2D eigenvalue weighted by Crippen LogP contribution is -2.35. The van der Waals surface area contributed by atoms with Crippen LogP contribution in [0.4, 0.5) is 5.82 Å². The predicted molar refractivity (Wildman–Crippen MR) is 88.9 cm³/mol. The predicted octanol–water partition coefficient (Wildman–Crippen LogP) is 2.30. The summed E-state index contributed by atoms with van der Waals surface area (Å²) in [7, 11) is -2.42. The third kappa shape index (κ3) is 4.51. The van der Waals surface area contributed by atoms with Gasteiger partial charge < -0.3 is 5.32 Å². The minimum absolute atomic E-state index is 0.0749. The van der Waals surface area contributed by atoms with Crippen LogP contribution < -0.4 is 5.32 Å². The minimum atomic E-state index is -3.76. The number of pyridine rings is 1. The lowest BCUT2D eigenvalue weighted by molar-refractivity contribution is -0.116. The third-order valence-corrected chi connectivity index (χ3v) is 5.14. The molecule has 1 aromatic heterocycles. The molecule has 1 heterocycles. The number of rotatable bonds is 5. The summed E-state index contributed by atoms with van der Waals surface area (Å²) in [6.45, 7) is 1.55. The normalized spacial score (nSPS) is 11.5. The highest BCUT2D eigenvalue weighted by atomic mass is 35.5. The van der Waals surface area contributed by atoms with E-state index in [-0.39, 0.29) is 11.4 Å². The molecular formula is C15H16ClN3O3S. The molecule has 0 aliphatic carbocycles. The Morgan fingerprint density at radius 2 is 1.91 bits per heavy atom. The van der Waals surface area contributed by atoms with Crippen LogP contribution in [-0.2, 0) is 14.8 Å². The van der Waals surface area contributed by atoms with Gasteiger partial charge in [-0.05, 0) is 48.9 Å². The standard InChI is InChI=1S/C15H16ClN3O3S/c1-11-7-8-17-14(9-11)18-15(20)10-19(2)23(21,22)13-5-3-12(16)4-6-13/h3-9H,10H2,1-2H3,(H,17,18,20). The number of benzene rings is 1. The molecule has 122 valence electrons. The Hall–Kier alpha value is -1.96. The smallest absolute Gasteiger partial charge is 0.243 e. The first-order valence-corrected chi connectivity index (χ1v) is 8.55. The molecule has 1 N–H and O–H groups in total. The van der Waals surface area contributed by atoms with Crippen LogP contribution in [0.25, 0.3) is 0 Å². The molecule has 0 saturated carbocycles. The molecular weight excluding hydrogens is 338 g/mol. The van der Waals surface area contributed by atoms with Gasteiger partial charge in [0.15, 0.2) is 0 Å². The fourth-order valence-corrected chi connectivity index (χ4v) is 3.11. The van der Waals surface area contributed by atoms with E-state index in [2.05, 4.69) is 10.3 Å². The molecule has 2 aromatic rings. The summed E-state index contributed by atoms with van der Waals surface area (Å²) in [4.78, 5) is 16.1. The fourth-order valence-electron chi connectivity index (χ4n) is 1.86. The van der Waals surface area contributed by atoms with Gasteiger partial charge in [-0.25, -0.2) is 13.4 Å². The van der Waals surface area contributed by atoms with Crippen molar-refractivity contribution in [3.63, 3.8) is 0 Å². The molecule has 0 fully saturated rings. The summed E-state index contributed by atoms with van der Waals surface area (Å²) < 4.78 is 25.7. The summed E-state index contributed by atoms with van der Waals surface area (Å²) >= 11 is 5.75. The van der Waals surface area contributed by atoms with Crippen LogP contribution in [0.3, 0.4) is 0 Å². The van der Waals surface area contributed by atoms with Crippen molar-refractivity contribution in [1.29, 1.82) is 0 Å². The highest BCUT2D eigenvalue weighted by Crippen LogP contribution is 2.17. The molecule has 23 heavy (non-hydrogen) atoms. The highest BCUT2D eigenvalue weighted by molar-refractivity contribution is 7.89. The fraction of sp³-hybridized carbons (Fsp3) is 0.200. The maximum absolute atomic E-state index is 12.4. The number of amides is 1. The number of carbonyl (C=O) groups excluding carboxylic acids is 1. The molecule has 0 aliphatic heterocycles. The van der Waals surface area contributed by atoms with Gasteiger partial charge in [-0.1, -0.05) is 11.6 Å². The lowest BCUT2D eigenvalue weighted by Gasteiger charge is -2.16. The summed E-state index contributed by atoms with van der Waals surface area (Å²) in [6, 6.07) is 9.26. The van der Waals surface area contributed by atoms with Crippen molar-refractivity contribution in [2.75, 3.05) is 18.9 Å². The van der Waals surface area contributed by atoms with Gasteiger partial charge in [0, 0.05) is 18.3 Å². The topological polar surface area (TPSA) is 79.4 Å². The van der Waals surface area contributed by atoms with E-state index >= 15 is 0 Å². The van der Waals surface area contributed by atoms with E-state index in [0.717, 1.165) is 9.87 Å². The average molecular weight is 354 g/mol. The van der Waals surface area contributed by atoms with Gasteiger partial charge in [-0.2, -0.15) is 4.31 Å². The Balaban J connectivity index is 2.06. The number of nitrogens with zero attached hydrogens (tertiary/aromatic N) is 2. The molecule has 0 spiro atoms. The average Bonchev–Trinajstić information content (AvgIpc) is 2.47. The van der Waals surface area contributed by atoms with Gasteiger partial charge in [0.2, 0.25) is 15.9 Å². The molecule has 0 atom stereocenters. The van der Waals surface area contributed by atoms with Gasteiger partial charge in [-0.3, -0.25) is 4.79 Å². The van der Waals surface area contributed by atoms with Crippen molar-refractivity contribution in [3.05, 3.63) is 53.2 Å². The first-order chi connectivity index (χ1) is 10.8. The van der Waals surface area contributed by atoms with Gasteiger partial charge >= 0.3 is 0 Å². The SMILES string of the molecule is Cc1ccnc(NC(=O)CN(C)S(=O)(=O)c2ccc(Cl)cc2)c1. The van der Waals surface area contributed by atoms with E-state index < -0.39 is 15.9 Å². The Morgan fingerprint density at radius 3 is 2.52 bits per heavy atom. The molecule has 0 bridgehead atoms. The van der Waals surface area contributed by atoms with E-state index in [9.17, 15) is 13.2 Å². The zero-order valence-electron chi connectivity index (χ0n) is 12.7. The van der Waals surface area contributed by atoms with Crippen molar-refractivity contribution in [3.8, 4) is 0 Å². The summed E-state index contributed by atoms with van der Waals surface area (Å²) in [5.74, 6) is -0.0876. The number of sulfonamides is 1. The van der Waals surface area contributed by atoms with Gasteiger partial charge in [0.05, 0.1) is 11.4 Å². The number of nitrogens with one attached hydrogen (secondary N) is 1. The number of aromatic nitrogens is 1. The molecule has 0 unspecified atom stereocenters. The zero-order chi connectivity index (χ0) is 17.0. The number of hydrogen-bond acceptors (Lipinski definition) is 4. The quantitative estimate of drug-likeness (QED) is 0.894. The number of halogens is 1. The molecule has 1 amide bonds. The molecule has 1 aromatic carbocycles. The molecule has 6 nitrogen and oxygen atoms in total. The van der Waals surface area contributed by atoms with Crippen molar-refractivity contribution >= 4 is 33.3 Å². The van der Waals surface area contributed by atoms with E-state index in [0.29, 0.717) is 10.8 Å². The molecule has 0 radical (unpaired) electrons. The largest absolute Gasteiger partial charge is 0.310 e. The van der Waals surface area contributed by atoms with Gasteiger partial charge in [0.1, 0.15) is 5.82 Å². The van der Waals surface area contributed by atoms with Crippen molar-refractivity contribution in [2.45, 2.75) is 11.8 Å². The Labute approximate surface area is 140 Å².